The van der Waals surface area contributed by atoms with Crippen molar-refractivity contribution in [1.82, 2.24) is 10.2 Å². The molecule has 130 valence electrons. The molecule has 0 unspecified atom stereocenters. The van der Waals surface area contributed by atoms with Crippen LogP contribution in [0.4, 0.5) is 0 Å². The maximum Gasteiger partial charge on any atom is 0.242 e. The lowest BCUT2D eigenvalue weighted by Crippen LogP contribution is -2.46. The zero-order chi connectivity index (χ0) is 16.9. The maximum absolute atomic E-state index is 12.5. The monoisotopic (exact) mass is 330 g/mol. The van der Waals surface area contributed by atoms with Crippen LogP contribution in [0.1, 0.15) is 31.7 Å². The minimum absolute atomic E-state index is 0.0244. The molecule has 5 heteroatoms. The highest BCUT2D eigenvalue weighted by Crippen LogP contribution is 2.31. The van der Waals surface area contributed by atoms with Gasteiger partial charge in [0.1, 0.15) is 0 Å². The first kappa shape index (κ1) is 17.0. The number of hydrogen-bond donors (Lipinski definition) is 1. The van der Waals surface area contributed by atoms with Gasteiger partial charge in [0.25, 0.3) is 0 Å². The van der Waals surface area contributed by atoms with Crippen molar-refractivity contribution in [2.45, 2.75) is 44.8 Å². The molecular weight excluding hydrogens is 304 g/mol. The van der Waals surface area contributed by atoms with E-state index in [1.165, 1.54) is 25.3 Å². The first-order valence-corrected chi connectivity index (χ1v) is 8.83. The average molecular weight is 330 g/mol. The molecule has 2 atom stereocenters. The predicted molar refractivity (Wildman–Crippen MR) is 91.4 cm³/mol. The third-order valence-electron chi connectivity index (χ3n) is 4.82. The van der Waals surface area contributed by atoms with E-state index in [9.17, 15) is 9.59 Å². The number of carbonyl (C=O) groups is 2. The number of benzene rings is 1. The van der Waals surface area contributed by atoms with Crippen molar-refractivity contribution in [2.24, 2.45) is 5.92 Å². The van der Waals surface area contributed by atoms with Crippen LogP contribution in [0.25, 0.3) is 0 Å². The summed E-state index contributed by atoms with van der Waals surface area (Å²) in [5.41, 5.74) is 1.21. The third kappa shape index (κ3) is 4.57. The molecule has 1 N–H and O–H groups in total. The van der Waals surface area contributed by atoms with Crippen LogP contribution in [0.15, 0.2) is 30.3 Å². The quantitative estimate of drug-likeness (QED) is 0.829. The maximum atomic E-state index is 12.5. The van der Waals surface area contributed by atoms with Crippen molar-refractivity contribution in [1.29, 1.82) is 0 Å². The summed E-state index contributed by atoms with van der Waals surface area (Å²) in [7, 11) is 0. The SMILES string of the molecule is CC(=O)NCC(=O)N1CC[C@@H](OCC2CC2)[C@H]1Cc1ccccc1. The third-order valence-corrected chi connectivity index (χ3v) is 4.82. The number of hydrogen-bond acceptors (Lipinski definition) is 3. The topological polar surface area (TPSA) is 58.6 Å². The van der Waals surface area contributed by atoms with E-state index >= 15 is 0 Å². The average Bonchev–Trinajstić information content (AvgIpc) is 3.33. The molecule has 1 aromatic rings. The molecule has 2 fully saturated rings. The zero-order valence-corrected chi connectivity index (χ0v) is 14.2. The number of ether oxygens (including phenoxy) is 1. The van der Waals surface area contributed by atoms with Crippen molar-refractivity contribution < 1.29 is 14.3 Å². The van der Waals surface area contributed by atoms with E-state index in [2.05, 4.69) is 17.4 Å². The largest absolute Gasteiger partial charge is 0.376 e. The second-order valence-electron chi connectivity index (χ2n) is 6.86. The lowest BCUT2D eigenvalue weighted by atomic mass is 10.0. The Bertz CT molecular complexity index is 571. The molecule has 1 heterocycles. The van der Waals surface area contributed by atoms with Crippen LogP contribution in [0.3, 0.4) is 0 Å². The van der Waals surface area contributed by atoms with Gasteiger partial charge in [-0.05, 0) is 37.2 Å². The van der Waals surface area contributed by atoms with Gasteiger partial charge < -0.3 is 15.0 Å². The van der Waals surface area contributed by atoms with Crippen molar-refractivity contribution in [3.63, 3.8) is 0 Å². The Morgan fingerprint density at radius 2 is 1.96 bits per heavy atom. The smallest absolute Gasteiger partial charge is 0.242 e. The Kier molecular flexibility index (Phi) is 5.51. The van der Waals surface area contributed by atoms with Crippen LogP contribution in [0.2, 0.25) is 0 Å². The van der Waals surface area contributed by atoms with E-state index < -0.39 is 0 Å². The van der Waals surface area contributed by atoms with Gasteiger partial charge in [-0.15, -0.1) is 0 Å². The highest BCUT2D eigenvalue weighted by Gasteiger charge is 2.38. The van der Waals surface area contributed by atoms with E-state index in [0.717, 1.165) is 19.4 Å². The van der Waals surface area contributed by atoms with Crippen LogP contribution >= 0.6 is 0 Å². The Labute approximate surface area is 143 Å². The molecule has 0 spiro atoms. The van der Waals surface area contributed by atoms with Crippen molar-refractivity contribution in [3.05, 3.63) is 35.9 Å². The Hall–Kier alpha value is -1.88. The van der Waals surface area contributed by atoms with E-state index in [1.54, 1.807) is 0 Å². The van der Waals surface area contributed by atoms with E-state index in [0.29, 0.717) is 12.5 Å². The Morgan fingerprint density at radius 3 is 2.62 bits per heavy atom. The molecule has 1 saturated heterocycles. The van der Waals surface area contributed by atoms with Crippen LogP contribution in [-0.2, 0) is 20.7 Å². The highest BCUT2D eigenvalue weighted by molar-refractivity contribution is 5.84. The Balaban J connectivity index is 1.66. The first-order valence-electron chi connectivity index (χ1n) is 8.83. The van der Waals surface area contributed by atoms with Crippen LogP contribution in [0, 0.1) is 5.92 Å². The number of amides is 2. The zero-order valence-electron chi connectivity index (χ0n) is 14.2. The Morgan fingerprint density at radius 1 is 1.21 bits per heavy atom. The predicted octanol–water partition coefficient (Wildman–Crippen LogP) is 1.76. The fourth-order valence-corrected chi connectivity index (χ4v) is 3.27. The summed E-state index contributed by atoms with van der Waals surface area (Å²) in [4.78, 5) is 25.5. The second-order valence-corrected chi connectivity index (χ2v) is 6.86. The van der Waals surface area contributed by atoms with E-state index in [-0.39, 0.29) is 30.5 Å². The normalized spacial score (nSPS) is 23.3. The fraction of sp³-hybridized carbons (Fsp3) is 0.579. The molecular formula is C19H26N2O3. The van der Waals surface area contributed by atoms with Gasteiger partial charge in [0.2, 0.25) is 11.8 Å². The molecule has 1 aromatic carbocycles. The number of nitrogens with zero attached hydrogens (tertiary/aromatic N) is 1. The number of carbonyl (C=O) groups excluding carboxylic acids is 2. The van der Waals surface area contributed by atoms with Gasteiger partial charge in [0.05, 0.1) is 18.7 Å². The van der Waals surface area contributed by atoms with Gasteiger partial charge in [-0.25, -0.2) is 0 Å². The lowest BCUT2D eigenvalue weighted by molar-refractivity contribution is -0.134. The molecule has 24 heavy (non-hydrogen) atoms. The molecule has 3 rings (SSSR count). The molecule has 1 saturated carbocycles. The van der Waals surface area contributed by atoms with Crippen LogP contribution in [-0.4, -0.2) is 48.6 Å². The molecule has 5 nitrogen and oxygen atoms in total. The second kappa shape index (κ2) is 7.79. The van der Waals surface area contributed by atoms with Crippen molar-refractivity contribution in [3.8, 4) is 0 Å². The van der Waals surface area contributed by atoms with E-state index in [1.807, 2.05) is 23.1 Å². The summed E-state index contributed by atoms with van der Waals surface area (Å²) < 4.78 is 6.14. The standard InChI is InChI=1S/C19H26N2O3/c1-14(22)20-12-19(23)21-10-9-18(24-13-16-7-8-16)17(21)11-15-5-3-2-4-6-15/h2-6,16-18H,7-13H2,1H3,(H,20,22)/t17-,18-/m1/s1. The summed E-state index contributed by atoms with van der Waals surface area (Å²) in [6.07, 6.45) is 4.28. The van der Waals surface area contributed by atoms with Gasteiger partial charge in [-0.2, -0.15) is 0 Å². The van der Waals surface area contributed by atoms with Gasteiger partial charge in [0.15, 0.2) is 0 Å². The van der Waals surface area contributed by atoms with Crippen molar-refractivity contribution >= 4 is 11.8 Å². The van der Waals surface area contributed by atoms with E-state index in [4.69, 9.17) is 4.74 Å². The fourth-order valence-electron chi connectivity index (χ4n) is 3.27. The minimum Gasteiger partial charge on any atom is -0.376 e. The van der Waals surface area contributed by atoms with Crippen molar-refractivity contribution in [2.75, 3.05) is 19.7 Å². The van der Waals surface area contributed by atoms with Gasteiger partial charge in [0, 0.05) is 20.1 Å². The van der Waals surface area contributed by atoms with Gasteiger partial charge in [-0.3, -0.25) is 9.59 Å². The van der Waals surface area contributed by atoms with Gasteiger partial charge >= 0.3 is 0 Å². The first-order chi connectivity index (χ1) is 11.6. The number of likely N-dealkylation sites (tertiary alicyclic amines) is 1. The van der Waals surface area contributed by atoms with Gasteiger partial charge in [-0.1, -0.05) is 30.3 Å². The molecule has 0 radical (unpaired) electrons. The lowest BCUT2D eigenvalue weighted by Gasteiger charge is -2.28. The van der Waals surface area contributed by atoms with Crippen LogP contribution < -0.4 is 5.32 Å². The summed E-state index contributed by atoms with van der Waals surface area (Å²) in [5.74, 6) is 0.513. The number of nitrogens with one attached hydrogen (secondary N) is 1. The molecule has 1 aliphatic carbocycles. The molecule has 1 aliphatic heterocycles. The summed E-state index contributed by atoms with van der Waals surface area (Å²) >= 11 is 0. The minimum atomic E-state index is -0.177. The van der Waals surface area contributed by atoms with Crippen LogP contribution in [0.5, 0.6) is 0 Å². The number of rotatable bonds is 7. The molecule has 2 amide bonds. The summed E-state index contributed by atoms with van der Waals surface area (Å²) in [5, 5.41) is 2.61. The molecule has 0 bridgehead atoms. The molecule has 2 aliphatic rings. The highest BCUT2D eigenvalue weighted by atomic mass is 16.5. The summed E-state index contributed by atoms with van der Waals surface area (Å²) in [6.45, 7) is 3.01. The summed E-state index contributed by atoms with van der Waals surface area (Å²) in [6, 6.07) is 10.3. The molecule has 0 aromatic heterocycles.